The second kappa shape index (κ2) is 5.15. The molecule has 0 radical (unpaired) electrons. The Labute approximate surface area is 97.2 Å². The molecule has 4 nitrogen and oxygen atoms in total. The fourth-order valence-corrected chi connectivity index (χ4v) is 2.91. The largest absolute Gasteiger partial charge is 0.481 e. The van der Waals surface area contributed by atoms with Crippen molar-refractivity contribution in [2.75, 3.05) is 33.2 Å². The van der Waals surface area contributed by atoms with Crippen LogP contribution in [0.1, 0.15) is 25.7 Å². The van der Waals surface area contributed by atoms with E-state index in [9.17, 15) is 4.79 Å². The van der Waals surface area contributed by atoms with Gasteiger partial charge in [-0.05, 0) is 52.4 Å². The van der Waals surface area contributed by atoms with Gasteiger partial charge in [0.1, 0.15) is 0 Å². The number of hydrogen-bond donors (Lipinski definition) is 1. The molecule has 0 spiro atoms. The number of hydrogen-bond acceptors (Lipinski definition) is 3. The Morgan fingerprint density at radius 3 is 2.69 bits per heavy atom. The van der Waals surface area contributed by atoms with Crippen molar-refractivity contribution in [3.63, 3.8) is 0 Å². The molecule has 4 heteroatoms. The molecule has 2 atom stereocenters. The van der Waals surface area contributed by atoms with Gasteiger partial charge in [0.15, 0.2) is 0 Å². The van der Waals surface area contributed by atoms with E-state index in [4.69, 9.17) is 5.11 Å². The molecule has 0 aromatic carbocycles. The van der Waals surface area contributed by atoms with Gasteiger partial charge < -0.3 is 10.0 Å². The molecule has 2 heterocycles. The molecule has 2 unspecified atom stereocenters. The molecule has 92 valence electrons. The minimum Gasteiger partial charge on any atom is -0.481 e. The van der Waals surface area contributed by atoms with Gasteiger partial charge in [0.2, 0.25) is 0 Å². The summed E-state index contributed by atoms with van der Waals surface area (Å²) >= 11 is 0. The first-order chi connectivity index (χ1) is 7.66. The van der Waals surface area contributed by atoms with Gasteiger partial charge >= 0.3 is 5.97 Å². The van der Waals surface area contributed by atoms with Crippen LogP contribution in [0.15, 0.2) is 0 Å². The average molecular weight is 226 g/mol. The molecular formula is C12H22N2O2. The van der Waals surface area contributed by atoms with Crippen LogP contribution in [0.4, 0.5) is 0 Å². The molecule has 0 aliphatic carbocycles. The van der Waals surface area contributed by atoms with Crippen LogP contribution in [-0.4, -0.2) is 60.1 Å². The van der Waals surface area contributed by atoms with Crippen molar-refractivity contribution in [2.45, 2.75) is 31.7 Å². The lowest BCUT2D eigenvalue weighted by Crippen LogP contribution is -2.34. The third kappa shape index (κ3) is 2.74. The minimum absolute atomic E-state index is 0.124. The van der Waals surface area contributed by atoms with Gasteiger partial charge in [-0.15, -0.1) is 0 Å². The van der Waals surface area contributed by atoms with Gasteiger partial charge in [0.25, 0.3) is 0 Å². The minimum atomic E-state index is -0.617. The lowest BCUT2D eigenvalue weighted by molar-refractivity contribution is -0.141. The van der Waals surface area contributed by atoms with E-state index in [1.54, 1.807) is 0 Å². The molecule has 0 aromatic rings. The molecule has 2 rings (SSSR count). The van der Waals surface area contributed by atoms with E-state index in [0.29, 0.717) is 6.04 Å². The highest BCUT2D eigenvalue weighted by Gasteiger charge is 2.32. The highest BCUT2D eigenvalue weighted by atomic mass is 16.4. The van der Waals surface area contributed by atoms with Crippen LogP contribution in [-0.2, 0) is 4.79 Å². The first kappa shape index (κ1) is 11.9. The molecule has 2 aliphatic rings. The van der Waals surface area contributed by atoms with E-state index >= 15 is 0 Å². The molecule has 0 amide bonds. The van der Waals surface area contributed by atoms with Crippen molar-refractivity contribution < 1.29 is 9.90 Å². The van der Waals surface area contributed by atoms with Crippen molar-refractivity contribution in [2.24, 2.45) is 5.92 Å². The molecule has 1 N–H and O–H groups in total. The number of carboxylic acids is 1. The Hall–Kier alpha value is -0.610. The molecule has 2 saturated heterocycles. The SMILES string of the molecule is CN1CCCC(N2CCC(C(=O)O)C2)CC1. The van der Waals surface area contributed by atoms with E-state index in [1.807, 2.05) is 0 Å². The van der Waals surface area contributed by atoms with Crippen LogP contribution in [0, 0.1) is 5.92 Å². The van der Waals surface area contributed by atoms with Gasteiger partial charge in [-0.3, -0.25) is 9.69 Å². The molecule has 0 aromatic heterocycles. The normalized spacial score (nSPS) is 33.8. The number of carbonyl (C=O) groups is 1. The van der Waals surface area contributed by atoms with Gasteiger partial charge in [0, 0.05) is 12.6 Å². The smallest absolute Gasteiger partial charge is 0.307 e. The van der Waals surface area contributed by atoms with Crippen molar-refractivity contribution in [1.29, 1.82) is 0 Å². The fraction of sp³-hybridized carbons (Fsp3) is 0.917. The number of likely N-dealkylation sites (tertiary alicyclic amines) is 2. The Morgan fingerprint density at radius 2 is 2.00 bits per heavy atom. The molecule has 16 heavy (non-hydrogen) atoms. The number of nitrogens with zero attached hydrogens (tertiary/aromatic N) is 2. The third-order valence-electron chi connectivity index (χ3n) is 4.01. The summed E-state index contributed by atoms with van der Waals surface area (Å²) in [5, 5.41) is 8.99. The quantitative estimate of drug-likeness (QED) is 0.759. The second-order valence-corrected chi connectivity index (χ2v) is 5.21. The average Bonchev–Trinajstić information content (AvgIpc) is 2.63. The van der Waals surface area contributed by atoms with Crippen LogP contribution in [0.3, 0.4) is 0 Å². The van der Waals surface area contributed by atoms with Crippen molar-refractivity contribution in [1.82, 2.24) is 9.80 Å². The summed E-state index contributed by atoms with van der Waals surface area (Å²) in [5.74, 6) is -0.741. The zero-order valence-corrected chi connectivity index (χ0v) is 10.1. The molecule has 0 saturated carbocycles. The zero-order chi connectivity index (χ0) is 11.5. The fourth-order valence-electron chi connectivity index (χ4n) is 2.91. The van der Waals surface area contributed by atoms with Crippen LogP contribution in [0.5, 0.6) is 0 Å². The predicted octanol–water partition coefficient (Wildman–Crippen LogP) is 0.877. The zero-order valence-electron chi connectivity index (χ0n) is 10.1. The Morgan fingerprint density at radius 1 is 1.19 bits per heavy atom. The summed E-state index contributed by atoms with van der Waals surface area (Å²) in [6.07, 6.45) is 4.51. The Kier molecular flexibility index (Phi) is 3.82. The molecule has 2 fully saturated rings. The van der Waals surface area contributed by atoms with E-state index in [2.05, 4.69) is 16.8 Å². The number of aliphatic carboxylic acids is 1. The lowest BCUT2D eigenvalue weighted by Gasteiger charge is -2.26. The Balaban J connectivity index is 1.86. The monoisotopic (exact) mass is 226 g/mol. The topological polar surface area (TPSA) is 43.8 Å². The summed E-state index contributed by atoms with van der Waals surface area (Å²) in [4.78, 5) is 15.7. The summed E-state index contributed by atoms with van der Waals surface area (Å²) < 4.78 is 0. The van der Waals surface area contributed by atoms with Gasteiger partial charge in [-0.2, -0.15) is 0 Å². The molecular weight excluding hydrogens is 204 g/mol. The third-order valence-corrected chi connectivity index (χ3v) is 4.01. The van der Waals surface area contributed by atoms with E-state index in [1.165, 1.54) is 25.8 Å². The van der Waals surface area contributed by atoms with Gasteiger partial charge in [-0.25, -0.2) is 0 Å². The van der Waals surface area contributed by atoms with Crippen molar-refractivity contribution >= 4 is 5.97 Å². The standard InChI is InChI=1S/C12H22N2O2/c1-13-6-2-3-11(5-7-13)14-8-4-10(9-14)12(15)16/h10-11H,2-9H2,1H3,(H,15,16). The summed E-state index contributed by atoms with van der Waals surface area (Å²) in [5.41, 5.74) is 0. The Bertz CT molecular complexity index is 257. The van der Waals surface area contributed by atoms with Crippen LogP contribution < -0.4 is 0 Å². The first-order valence-electron chi connectivity index (χ1n) is 6.32. The van der Waals surface area contributed by atoms with Gasteiger partial charge in [-0.1, -0.05) is 0 Å². The second-order valence-electron chi connectivity index (χ2n) is 5.21. The lowest BCUT2D eigenvalue weighted by atomic mass is 10.1. The number of carboxylic acid groups (broad SMARTS) is 1. The maximum Gasteiger partial charge on any atom is 0.307 e. The maximum atomic E-state index is 10.9. The highest BCUT2D eigenvalue weighted by molar-refractivity contribution is 5.70. The summed E-state index contributed by atoms with van der Waals surface area (Å²) in [6, 6.07) is 0.620. The van der Waals surface area contributed by atoms with Crippen LogP contribution in [0.2, 0.25) is 0 Å². The van der Waals surface area contributed by atoms with Crippen LogP contribution in [0.25, 0.3) is 0 Å². The molecule has 2 aliphatic heterocycles. The van der Waals surface area contributed by atoms with E-state index in [0.717, 1.165) is 26.1 Å². The highest BCUT2D eigenvalue weighted by Crippen LogP contribution is 2.24. The maximum absolute atomic E-state index is 10.9. The van der Waals surface area contributed by atoms with Crippen molar-refractivity contribution in [3.8, 4) is 0 Å². The van der Waals surface area contributed by atoms with Crippen LogP contribution >= 0.6 is 0 Å². The van der Waals surface area contributed by atoms with Crippen molar-refractivity contribution in [3.05, 3.63) is 0 Å². The summed E-state index contributed by atoms with van der Waals surface area (Å²) in [7, 11) is 2.17. The van der Waals surface area contributed by atoms with Gasteiger partial charge in [0.05, 0.1) is 5.92 Å². The first-order valence-corrected chi connectivity index (χ1v) is 6.32. The van der Waals surface area contributed by atoms with E-state index < -0.39 is 5.97 Å². The number of rotatable bonds is 2. The predicted molar refractivity (Wildman–Crippen MR) is 62.5 cm³/mol. The molecule has 0 bridgehead atoms. The van der Waals surface area contributed by atoms with E-state index in [-0.39, 0.29) is 5.92 Å². The summed E-state index contributed by atoms with van der Waals surface area (Å²) in [6.45, 7) is 4.08.